The fourth-order valence-electron chi connectivity index (χ4n) is 3.91. The van der Waals surface area contributed by atoms with Gasteiger partial charge in [0.2, 0.25) is 5.95 Å². The first-order valence-electron chi connectivity index (χ1n) is 10.7. The number of halogens is 3. The first kappa shape index (κ1) is 21.4. The third-order valence-electron chi connectivity index (χ3n) is 6.00. The zero-order valence-corrected chi connectivity index (χ0v) is 18.5. The highest BCUT2D eigenvalue weighted by molar-refractivity contribution is 7.99. The van der Waals surface area contributed by atoms with Crippen LogP contribution in [0.15, 0.2) is 34.4 Å². The van der Waals surface area contributed by atoms with Gasteiger partial charge in [-0.15, -0.1) is 0 Å². The first-order chi connectivity index (χ1) is 15.2. The van der Waals surface area contributed by atoms with Crippen LogP contribution in [0.1, 0.15) is 38.3 Å². The molecule has 5 rings (SSSR count). The number of fused-ring (bicyclic) bond motifs is 1. The Labute approximate surface area is 187 Å². The quantitative estimate of drug-likeness (QED) is 0.609. The molecule has 3 aromatic heterocycles. The summed E-state index contributed by atoms with van der Waals surface area (Å²) in [5.74, 6) is 1.43. The highest BCUT2D eigenvalue weighted by Crippen LogP contribution is 2.38. The van der Waals surface area contributed by atoms with E-state index in [0.29, 0.717) is 22.2 Å². The molecule has 32 heavy (non-hydrogen) atoms. The lowest BCUT2D eigenvalue weighted by Gasteiger charge is -2.37. The molecule has 2 fully saturated rings. The summed E-state index contributed by atoms with van der Waals surface area (Å²) in [6.45, 7) is 4.49. The van der Waals surface area contributed by atoms with Crippen molar-refractivity contribution in [3.63, 3.8) is 0 Å². The predicted octanol–water partition coefficient (Wildman–Crippen LogP) is 4.12. The minimum Gasteiger partial charge on any atom is -0.342 e. The van der Waals surface area contributed by atoms with Crippen molar-refractivity contribution >= 4 is 29.0 Å². The van der Waals surface area contributed by atoms with E-state index in [2.05, 4.69) is 31.3 Å². The summed E-state index contributed by atoms with van der Waals surface area (Å²) in [7, 11) is 0. The minimum atomic E-state index is -4.54. The zero-order chi connectivity index (χ0) is 22.5. The van der Waals surface area contributed by atoms with E-state index >= 15 is 0 Å². The molecule has 0 spiro atoms. The van der Waals surface area contributed by atoms with E-state index < -0.39 is 11.9 Å². The van der Waals surface area contributed by atoms with Crippen molar-refractivity contribution in [3.05, 3.63) is 30.2 Å². The number of nitrogens with two attached hydrogens (primary N) is 1. The first-order valence-corrected chi connectivity index (χ1v) is 11.5. The van der Waals surface area contributed by atoms with Crippen LogP contribution in [0.4, 0.5) is 19.1 Å². The largest absolute Gasteiger partial charge is 0.434 e. The number of hydrogen-bond acceptors (Lipinski definition) is 7. The molecule has 4 heterocycles. The highest BCUT2D eigenvalue weighted by Gasteiger charge is 2.36. The molecule has 2 N–H and O–H groups in total. The maximum atomic E-state index is 13.3. The van der Waals surface area contributed by atoms with Gasteiger partial charge in [-0.3, -0.25) is 9.55 Å². The molecule has 7 nitrogen and oxygen atoms in total. The van der Waals surface area contributed by atoms with E-state index in [-0.39, 0.29) is 10.4 Å². The number of piperidine rings is 1. The van der Waals surface area contributed by atoms with E-state index in [1.165, 1.54) is 31.2 Å². The summed E-state index contributed by atoms with van der Waals surface area (Å²) < 4.78 is 42.0. The van der Waals surface area contributed by atoms with Crippen molar-refractivity contribution in [2.45, 2.75) is 60.8 Å². The molecule has 0 bridgehead atoms. The number of imidazole rings is 1. The smallest absolute Gasteiger partial charge is 0.342 e. The molecule has 1 aliphatic heterocycles. The average Bonchev–Trinajstić information content (AvgIpc) is 3.48. The lowest BCUT2D eigenvalue weighted by molar-refractivity contribution is -0.143. The second-order valence-corrected chi connectivity index (χ2v) is 9.97. The summed E-state index contributed by atoms with van der Waals surface area (Å²) in [5.41, 5.74) is 6.30. The van der Waals surface area contributed by atoms with E-state index in [4.69, 9.17) is 10.7 Å². The summed E-state index contributed by atoms with van der Waals surface area (Å²) in [6.07, 6.45) is 2.21. The van der Waals surface area contributed by atoms with Gasteiger partial charge in [-0.1, -0.05) is 11.8 Å². The Morgan fingerprint density at radius 1 is 1.19 bits per heavy atom. The molecule has 2 aliphatic rings. The number of anilines is 1. The fourth-order valence-corrected chi connectivity index (χ4v) is 4.78. The Morgan fingerprint density at radius 3 is 2.62 bits per heavy atom. The van der Waals surface area contributed by atoms with Crippen molar-refractivity contribution < 1.29 is 13.2 Å². The molecule has 1 aliphatic carbocycles. The maximum Gasteiger partial charge on any atom is 0.434 e. The van der Waals surface area contributed by atoms with Crippen LogP contribution in [0.25, 0.3) is 11.3 Å². The van der Waals surface area contributed by atoms with Gasteiger partial charge in [0, 0.05) is 36.3 Å². The molecule has 0 aromatic carbocycles. The average molecular weight is 464 g/mol. The van der Waals surface area contributed by atoms with E-state index in [0.717, 1.165) is 56.4 Å². The monoisotopic (exact) mass is 463 g/mol. The third-order valence-corrected chi connectivity index (χ3v) is 6.95. The molecule has 0 unspecified atom stereocenters. The lowest BCUT2D eigenvalue weighted by atomic mass is 9.91. The predicted molar refractivity (Wildman–Crippen MR) is 115 cm³/mol. The molecule has 170 valence electrons. The van der Waals surface area contributed by atoms with Crippen LogP contribution in [0.5, 0.6) is 0 Å². The molecule has 0 radical (unpaired) electrons. The Kier molecular flexibility index (Phi) is 5.28. The minimum absolute atomic E-state index is 0.00968. The molecule has 1 saturated heterocycles. The number of alkyl halides is 3. The van der Waals surface area contributed by atoms with Gasteiger partial charge < -0.3 is 10.6 Å². The molecule has 11 heteroatoms. The number of rotatable bonds is 5. The van der Waals surface area contributed by atoms with Gasteiger partial charge in [0.05, 0.1) is 6.20 Å². The van der Waals surface area contributed by atoms with Gasteiger partial charge in [0.1, 0.15) is 5.03 Å². The fraction of sp³-hybridized carbons (Fsp3) is 0.524. The van der Waals surface area contributed by atoms with Crippen molar-refractivity contribution in [1.29, 1.82) is 0 Å². The van der Waals surface area contributed by atoms with Gasteiger partial charge >= 0.3 is 6.18 Å². The van der Waals surface area contributed by atoms with Crippen molar-refractivity contribution in [1.82, 2.24) is 24.5 Å². The van der Waals surface area contributed by atoms with Gasteiger partial charge in [0.25, 0.3) is 0 Å². The normalized spacial score (nSPS) is 19.0. The van der Waals surface area contributed by atoms with Crippen molar-refractivity contribution in [2.24, 2.45) is 11.7 Å². The van der Waals surface area contributed by atoms with Crippen LogP contribution in [0, 0.1) is 5.92 Å². The van der Waals surface area contributed by atoms with Gasteiger partial charge in [-0.2, -0.15) is 18.2 Å². The van der Waals surface area contributed by atoms with Crippen molar-refractivity contribution in [2.75, 3.05) is 18.0 Å². The molecule has 0 atom stereocenters. The van der Waals surface area contributed by atoms with Crippen molar-refractivity contribution in [3.8, 4) is 0 Å². The molecular weight excluding hydrogens is 439 g/mol. The van der Waals surface area contributed by atoms with E-state index in [1.54, 1.807) is 0 Å². The van der Waals surface area contributed by atoms with Crippen LogP contribution in [0.3, 0.4) is 0 Å². The van der Waals surface area contributed by atoms with Gasteiger partial charge in [0.15, 0.2) is 17.0 Å². The molecule has 3 aromatic rings. The zero-order valence-electron chi connectivity index (χ0n) is 17.6. The number of nitrogens with zero attached hydrogens (tertiary/aromatic N) is 6. The van der Waals surface area contributed by atoms with Gasteiger partial charge in [-0.05, 0) is 50.7 Å². The Hall–Kier alpha value is -2.40. The summed E-state index contributed by atoms with van der Waals surface area (Å²) in [5, 5.41) is 0.354. The van der Waals surface area contributed by atoms with Crippen LogP contribution >= 0.6 is 11.8 Å². The Balaban J connectivity index is 1.48. The third kappa shape index (κ3) is 4.40. The Morgan fingerprint density at radius 2 is 1.94 bits per heavy atom. The number of pyridine rings is 1. The highest BCUT2D eigenvalue weighted by atomic mass is 32.2. The molecule has 0 amide bonds. The number of aromatic nitrogens is 5. The van der Waals surface area contributed by atoms with E-state index in [9.17, 15) is 13.2 Å². The van der Waals surface area contributed by atoms with Crippen LogP contribution < -0.4 is 10.6 Å². The van der Waals surface area contributed by atoms with Crippen LogP contribution in [-0.2, 0) is 12.7 Å². The number of hydrogen-bond donors (Lipinski definition) is 1. The summed E-state index contributed by atoms with van der Waals surface area (Å²) >= 11 is 0.897. The second kappa shape index (κ2) is 7.87. The van der Waals surface area contributed by atoms with E-state index in [1.807, 2.05) is 0 Å². The molecular formula is C21H24F3N7S. The summed E-state index contributed by atoms with van der Waals surface area (Å²) in [4.78, 5) is 19.6. The lowest BCUT2D eigenvalue weighted by Crippen LogP contribution is -2.48. The second-order valence-electron chi connectivity index (χ2n) is 8.91. The van der Waals surface area contributed by atoms with Crippen LogP contribution in [-0.4, -0.2) is 43.1 Å². The standard InChI is InChI=1S/C21H24F3N7S/c1-20(25)6-9-30(10-7-20)19-29-17-18(31(19)12-13-4-5-13)27-11-15(28-17)32-14-3-2-8-26-16(14)21(22,23)24/h2-3,8,11,13H,4-7,9-10,12,25H2,1H3. The van der Waals surface area contributed by atoms with Crippen LogP contribution in [0.2, 0.25) is 0 Å². The topological polar surface area (TPSA) is 85.8 Å². The molecule has 1 saturated carbocycles. The maximum absolute atomic E-state index is 13.3. The SMILES string of the molecule is CC1(N)CCN(c2nc3nc(Sc4cccnc4C(F)(F)F)cnc3n2CC2CC2)CC1. The van der Waals surface area contributed by atoms with Gasteiger partial charge in [-0.25, -0.2) is 9.97 Å². The summed E-state index contributed by atoms with van der Waals surface area (Å²) in [6, 6.07) is 2.87. The Bertz CT molecular complexity index is 1130.